The maximum atomic E-state index is 13.2. The number of fused-ring (bicyclic) bond motifs is 1. The van der Waals surface area contributed by atoms with Crippen LogP contribution in [0.3, 0.4) is 0 Å². The second kappa shape index (κ2) is 7.23. The molecule has 0 saturated heterocycles. The van der Waals surface area contributed by atoms with Gasteiger partial charge in [-0.3, -0.25) is 0 Å². The summed E-state index contributed by atoms with van der Waals surface area (Å²) in [4.78, 5) is 2.21. The number of ether oxygens (including phenoxy) is 1. The molecule has 3 nitrogen and oxygen atoms in total. The van der Waals surface area contributed by atoms with Gasteiger partial charge in [0.1, 0.15) is 17.7 Å². The van der Waals surface area contributed by atoms with Crippen molar-refractivity contribution in [3.05, 3.63) is 29.6 Å². The fraction of sp³-hybridized carbons (Fsp3) is 0.647. The third kappa shape index (κ3) is 4.97. The van der Waals surface area contributed by atoms with Gasteiger partial charge < -0.3 is 15.0 Å². The van der Waals surface area contributed by atoms with Crippen molar-refractivity contribution in [2.24, 2.45) is 5.92 Å². The number of benzene rings is 1. The Balaban J connectivity index is 1.85. The Hall–Kier alpha value is -1.13. The van der Waals surface area contributed by atoms with E-state index in [1.165, 1.54) is 6.07 Å². The van der Waals surface area contributed by atoms with E-state index < -0.39 is 0 Å². The minimum atomic E-state index is -0.184. The number of likely N-dealkylation sites (N-methyl/N-ethyl adjacent to an activating group) is 1. The predicted molar refractivity (Wildman–Crippen MR) is 84.3 cm³/mol. The summed E-state index contributed by atoms with van der Waals surface area (Å²) in [7, 11) is 4.19. The molecule has 0 aliphatic carbocycles. The van der Waals surface area contributed by atoms with Crippen molar-refractivity contribution in [2.75, 3.05) is 27.2 Å². The van der Waals surface area contributed by atoms with Gasteiger partial charge in [-0.15, -0.1) is 0 Å². The first-order chi connectivity index (χ1) is 9.94. The average Bonchev–Trinajstić information content (AvgIpc) is 2.76. The zero-order valence-electron chi connectivity index (χ0n) is 13.5. The number of hydrogen-bond acceptors (Lipinski definition) is 3. The van der Waals surface area contributed by atoms with E-state index in [1.807, 2.05) is 0 Å². The van der Waals surface area contributed by atoms with Crippen molar-refractivity contribution in [2.45, 2.75) is 38.8 Å². The number of nitrogens with zero attached hydrogens (tertiary/aromatic N) is 1. The third-order valence-corrected chi connectivity index (χ3v) is 3.74. The second-order valence-electron chi connectivity index (χ2n) is 6.69. The molecule has 118 valence electrons. The normalized spacial score (nSPS) is 18.9. The maximum absolute atomic E-state index is 13.2. The van der Waals surface area contributed by atoms with E-state index in [9.17, 15) is 4.39 Å². The highest BCUT2D eigenvalue weighted by Crippen LogP contribution is 2.29. The van der Waals surface area contributed by atoms with Gasteiger partial charge in [0.2, 0.25) is 0 Å². The lowest BCUT2D eigenvalue weighted by molar-refractivity contribution is 0.209. The molecule has 1 N–H and O–H groups in total. The molecule has 2 atom stereocenters. The summed E-state index contributed by atoms with van der Waals surface area (Å²) in [5.41, 5.74) is 0.981. The summed E-state index contributed by atoms with van der Waals surface area (Å²) in [5, 5.41) is 3.61. The molecule has 1 aromatic rings. The maximum Gasteiger partial charge on any atom is 0.123 e. The van der Waals surface area contributed by atoms with E-state index in [0.29, 0.717) is 12.0 Å². The Morgan fingerprint density at radius 3 is 2.81 bits per heavy atom. The molecule has 1 aromatic carbocycles. The van der Waals surface area contributed by atoms with Gasteiger partial charge in [-0.25, -0.2) is 4.39 Å². The van der Waals surface area contributed by atoms with Crippen LogP contribution in [0.25, 0.3) is 0 Å². The van der Waals surface area contributed by atoms with Gasteiger partial charge >= 0.3 is 0 Å². The lowest BCUT2D eigenvalue weighted by Gasteiger charge is -2.25. The minimum Gasteiger partial charge on any atom is -0.488 e. The Bertz CT molecular complexity index is 452. The summed E-state index contributed by atoms with van der Waals surface area (Å²) < 4.78 is 19.1. The summed E-state index contributed by atoms with van der Waals surface area (Å²) in [6.07, 6.45) is 2.04. The van der Waals surface area contributed by atoms with Crippen molar-refractivity contribution in [1.29, 1.82) is 0 Å². The largest absolute Gasteiger partial charge is 0.488 e. The van der Waals surface area contributed by atoms with E-state index in [0.717, 1.165) is 37.2 Å². The minimum absolute atomic E-state index is 0.110. The fourth-order valence-electron chi connectivity index (χ4n) is 2.93. The van der Waals surface area contributed by atoms with E-state index in [1.54, 1.807) is 12.1 Å². The molecule has 0 fully saturated rings. The van der Waals surface area contributed by atoms with Gasteiger partial charge in [0.25, 0.3) is 0 Å². The number of hydrogen-bond donors (Lipinski definition) is 1. The first-order valence-corrected chi connectivity index (χ1v) is 7.77. The molecule has 0 amide bonds. The van der Waals surface area contributed by atoms with Gasteiger partial charge in [0, 0.05) is 31.1 Å². The molecule has 0 radical (unpaired) electrons. The summed E-state index contributed by atoms with van der Waals surface area (Å²) in [6, 6.07) is 5.24. The molecule has 1 aliphatic heterocycles. The third-order valence-electron chi connectivity index (χ3n) is 3.74. The lowest BCUT2D eigenvalue weighted by Crippen LogP contribution is -2.43. The van der Waals surface area contributed by atoms with Crippen LogP contribution >= 0.6 is 0 Å². The van der Waals surface area contributed by atoms with Crippen molar-refractivity contribution in [3.63, 3.8) is 0 Å². The average molecular weight is 294 g/mol. The monoisotopic (exact) mass is 294 g/mol. The molecule has 4 heteroatoms. The number of halogens is 1. The molecule has 2 rings (SSSR count). The quantitative estimate of drug-likeness (QED) is 0.837. The highest BCUT2D eigenvalue weighted by atomic mass is 19.1. The van der Waals surface area contributed by atoms with Crippen LogP contribution in [0.5, 0.6) is 5.75 Å². The van der Waals surface area contributed by atoms with Crippen LogP contribution < -0.4 is 10.1 Å². The van der Waals surface area contributed by atoms with Crippen molar-refractivity contribution in [1.82, 2.24) is 10.2 Å². The molecular weight excluding hydrogens is 267 g/mol. The van der Waals surface area contributed by atoms with Crippen LogP contribution in [0.4, 0.5) is 4.39 Å². The summed E-state index contributed by atoms with van der Waals surface area (Å²) in [6.45, 7) is 6.32. The Labute approximate surface area is 127 Å². The zero-order valence-corrected chi connectivity index (χ0v) is 13.5. The van der Waals surface area contributed by atoms with Crippen molar-refractivity contribution in [3.8, 4) is 5.75 Å². The molecule has 0 bridgehead atoms. The molecule has 1 heterocycles. The Kier molecular flexibility index (Phi) is 5.59. The van der Waals surface area contributed by atoms with E-state index in [2.05, 4.69) is 38.2 Å². The standard InChI is InChI=1S/C17H27FN2O/c1-12(2)7-15(11-20(3)4)19-10-16-9-13-8-14(18)5-6-17(13)21-16/h5-6,8,12,15-16,19H,7,9-11H2,1-4H3. The molecule has 21 heavy (non-hydrogen) atoms. The Morgan fingerprint density at radius 1 is 1.38 bits per heavy atom. The zero-order chi connectivity index (χ0) is 15.4. The molecule has 1 aliphatic rings. The van der Waals surface area contributed by atoms with E-state index in [-0.39, 0.29) is 11.9 Å². The molecule has 2 unspecified atom stereocenters. The van der Waals surface area contributed by atoms with Crippen LogP contribution in [-0.2, 0) is 6.42 Å². The van der Waals surface area contributed by atoms with E-state index in [4.69, 9.17) is 4.74 Å². The fourth-order valence-corrected chi connectivity index (χ4v) is 2.93. The van der Waals surface area contributed by atoms with Crippen LogP contribution in [-0.4, -0.2) is 44.2 Å². The van der Waals surface area contributed by atoms with Crippen molar-refractivity contribution >= 4 is 0 Å². The van der Waals surface area contributed by atoms with Crippen LogP contribution in [0.1, 0.15) is 25.8 Å². The highest BCUT2D eigenvalue weighted by molar-refractivity contribution is 5.37. The SMILES string of the molecule is CC(C)CC(CN(C)C)NCC1Cc2cc(F)ccc2O1. The highest BCUT2D eigenvalue weighted by Gasteiger charge is 2.24. The van der Waals surface area contributed by atoms with Gasteiger partial charge in [-0.05, 0) is 44.6 Å². The topological polar surface area (TPSA) is 24.5 Å². The second-order valence-corrected chi connectivity index (χ2v) is 6.69. The Morgan fingerprint density at radius 2 is 2.14 bits per heavy atom. The summed E-state index contributed by atoms with van der Waals surface area (Å²) in [5.74, 6) is 1.31. The van der Waals surface area contributed by atoms with Gasteiger partial charge in [-0.1, -0.05) is 13.8 Å². The van der Waals surface area contributed by atoms with Gasteiger partial charge in [0.05, 0.1) is 0 Å². The van der Waals surface area contributed by atoms with E-state index >= 15 is 0 Å². The van der Waals surface area contributed by atoms with Crippen LogP contribution in [0.2, 0.25) is 0 Å². The summed E-state index contributed by atoms with van der Waals surface area (Å²) >= 11 is 0. The first-order valence-electron chi connectivity index (χ1n) is 7.77. The van der Waals surface area contributed by atoms with Gasteiger partial charge in [-0.2, -0.15) is 0 Å². The van der Waals surface area contributed by atoms with Crippen molar-refractivity contribution < 1.29 is 9.13 Å². The van der Waals surface area contributed by atoms with Crippen LogP contribution in [0, 0.1) is 11.7 Å². The molecular formula is C17H27FN2O. The molecule has 0 aromatic heterocycles. The predicted octanol–water partition coefficient (Wildman–Crippen LogP) is 2.70. The number of nitrogens with one attached hydrogen (secondary N) is 1. The molecule has 0 spiro atoms. The first kappa shape index (κ1) is 16.2. The smallest absolute Gasteiger partial charge is 0.123 e. The lowest BCUT2D eigenvalue weighted by atomic mass is 10.0. The molecule has 0 saturated carbocycles. The van der Waals surface area contributed by atoms with Gasteiger partial charge in [0.15, 0.2) is 0 Å². The van der Waals surface area contributed by atoms with Crippen LogP contribution in [0.15, 0.2) is 18.2 Å². The number of rotatable bonds is 7.